The van der Waals surface area contributed by atoms with Gasteiger partial charge in [-0.25, -0.2) is 4.98 Å². The average molecular weight is 672 g/mol. The Bertz CT molecular complexity index is 2710. The molecular weight excluding hydrogens is 643 g/mol. The van der Waals surface area contributed by atoms with Crippen molar-refractivity contribution in [2.75, 3.05) is 4.90 Å². The number of hydrogen-bond donors (Lipinski definition) is 0. The molecule has 0 unspecified atom stereocenters. The van der Waals surface area contributed by atoms with Crippen molar-refractivity contribution in [3.05, 3.63) is 176 Å². The van der Waals surface area contributed by atoms with Crippen LogP contribution in [0.2, 0.25) is 0 Å². The van der Waals surface area contributed by atoms with Gasteiger partial charge in [-0.1, -0.05) is 122 Å². The first-order chi connectivity index (χ1) is 25.7. The second-order valence-corrected chi connectivity index (χ2v) is 12.6. The fraction of sp³-hybridized carbons (Fsp3) is 0. The van der Waals surface area contributed by atoms with Gasteiger partial charge >= 0.3 is 0 Å². The van der Waals surface area contributed by atoms with Gasteiger partial charge in [-0.05, 0) is 47.5 Å². The zero-order chi connectivity index (χ0) is 34.8. The molecule has 2 aliphatic rings. The molecule has 0 saturated carbocycles. The van der Waals surface area contributed by atoms with Gasteiger partial charge in [-0.3, -0.25) is 9.47 Å². The van der Waals surface area contributed by atoms with Gasteiger partial charge in [0.2, 0.25) is 5.95 Å². The van der Waals surface area contributed by atoms with E-state index in [1.54, 1.807) is 12.2 Å². The van der Waals surface area contributed by atoms with Gasteiger partial charge in [0.1, 0.15) is 5.69 Å². The van der Waals surface area contributed by atoms with E-state index < -0.39 is 0 Å². The SMILES string of the molecule is C=CC1=C(C=C)N2c3ccccc3Oc3c2c(cc2c3c3cc(-c4ccccc4)ccc3n2-c2nc(-c3ccccc3)nc(-c3ccccc3)n2)O1. The molecule has 2 aromatic heterocycles. The maximum Gasteiger partial charge on any atom is 0.238 e. The fourth-order valence-electron chi connectivity index (χ4n) is 7.25. The van der Waals surface area contributed by atoms with Crippen LogP contribution < -0.4 is 14.4 Å². The van der Waals surface area contributed by atoms with Crippen LogP contribution in [0.1, 0.15) is 0 Å². The van der Waals surface area contributed by atoms with Crippen LogP contribution in [0.3, 0.4) is 0 Å². The van der Waals surface area contributed by atoms with Crippen LogP contribution in [0, 0.1) is 0 Å². The average Bonchev–Trinajstić information content (AvgIpc) is 3.54. The van der Waals surface area contributed by atoms with Crippen LogP contribution in [-0.4, -0.2) is 19.5 Å². The zero-order valence-electron chi connectivity index (χ0n) is 27.9. The lowest BCUT2D eigenvalue weighted by molar-refractivity contribution is 0.417. The summed E-state index contributed by atoms with van der Waals surface area (Å²) in [5, 5.41) is 1.89. The van der Waals surface area contributed by atoms with Crippen molar-refractivity contribution in [1.82, 2.24) is 19.5 Å². The zero-order valence-corrected chi connectivity index (χ0v) is 27.9. The molecule has 8 aromatic rings. The number of hydrogen-bond acceptors (Lipinski definition) is 6. The van der Waals surface area contributed by atoms with Gasteiger partial charge in [0.25, 0.3) is 0 Å². The van der Waals surface area contributed by atoms with Gasteiger partial charge in [0.05, 0.1) is 27.8 Å². The summed E-state index contributed by atoms with van der Waals surface area (Å²) in [6.45, 7) is 8.23. The van der Waals surface area contributed by atoms with Crippen LogP contribution in [0.5, 0.6) is 17.2 Å². The van der Waals surface area contributed by atoms with Crippen LogP contribution in [-0.2, 0) is 0 Å². The summed E-state index contributed by atoms with van der Waals surface area (Å²) in [4.78, 5) is 17.4. The smallest absolute Gasteiger partial charge is 0.238 e. The standard InChI is InChI=1S/C45H29N5O2/c1-3-33-37(4-2)51-39-27-36-40(42-41(39)49(33)35-22-14-15-23-38(35)52-42)32-26-31(28-16-8-5-9-17-28)24-25-34(32)50(36)45-47-43(29-18-10-6-11-19-29)46-44(48-45)30-20-12-7-13-21-30/h3-27H,1-2H2. The normalized spacial score (nSPS) is 13.0. The molecule has 0 fully saturated rings. The molecule has 0 N–H and O–H groups in total. The highest BCUT2D eigenvalue weighted by Gasteiger charge is 2.37. The first-order valence-electron chi connectivity index (χ1n) is 17.0. The Balaban J connectivity index is 1.34. The molecule has 7 heteroatoms. The summed E-state index contributed by atoms with van der Waals surface area (Å²) in [6.07, 6.45) is 3.52. The molecule has 6 aromatic carbocycles. The highest BCUT2D eigenvalue weighted by Crippen LogP contribution is 2.59. The van der Waals surface area contributed by atoms with E-state index in [-0.39, 0.29) is 0 Å². The maximum absolute atomic E-state index is 6.92. The van der Waals surface area contributed by atoms with Crippen LogP contribution >= 0.6 is 0 Å². The molecule has 0 saturated heterocycles. The Kier molecular flexibility index (Phi) is 6.66. The number of benzene rings is 6. The van der Waals surface area contributed by atoms with E-state index >= 15 is 0 Å². The topological polar surface area (TPSA) is 65.3 Å². The molecule has 0 aliphatic carbocycles. The lowest BCUT2D eigenvalue weighted by Gasteiger charge is -2.38. The first-order valence-corrected chi connectivity index (χ1v) is 17.0. The molecule has 0 amide bonds. The summed E-state index contributed by atoms with van der Waals surface area (Å²) in [5.74, 6) is 4.21. The molecule has 2 aliphatic heterocycles. The van der Waals surface area contributed by atoms with Crippen molar-refractivity contribution in [2.24, 2.45) is 0 Å². The minimum absolute atomic E-state index is 0.474. The van der Waals surface area contributed by atoms with Gasteiger partial charge in [0, 0.05) is 22.6 Å². The largest absolute Gasteiger partial charge is 0.453 e. The summed E-state index contributed by atoms with van der Waals surface area (Å²) in [5.41, 5.74) is 8.16. The highest BCUT2D eigenvalue weighted by molar-refractivity contribution is 6.17. The Morgan fingerprint density at radius 2 is 1.17 bits per heavy atom. The van der Waals surface area contributed by atoms with Gasteiger partial charge in [-0.15, -0.1) is 0 Å². The number of anilines is 2. The van der Waals surface area contributed by atoms with E-state index in [1.165, 1.54) is 0 Å². The predicted molar refractivity (Wildman–Crippen MR) is 207 cm³/mol. The molecule has 10 rings (SSSR count). The van der Waals surface area contributed by atoms with Crippen LogP contribution in [0.4, 0.5) is 11.4 Å². The van der Waals surface area contributed by atoms with Crippen LogP contribution in [0.15, 0.2) is 176 Å². The minimum Gasteiger partial charge on any atom is -0.453 e. The highest BCUT2D eigenvalue weighted by atomic mass is 16.5. The third kappa shape index (κ3) is 4.50. The molecule has 0 radical (unpaired) electrons. The predicted octanol–water partition coefficient (Wildman–Crippen LogP) is 11.2. The first kappa shape index (κ1) is 29.6. The number of para-hydroxylation sites is 2. The number of aromatic nitrogens is 4. The van der Waals surface area contributed by atoms with Crippen molar-refractivity contribution in [3.8, 4) is 57.1 Å². The number of nitrogens with zero attached hydrogens (tertiary/aromatic N) is 5. The van der Waals surface area contributed by atoms with Crippen molar-refractivity contribution >= 4 is 33.2 Å². The maximum atomic E-state index is 6.92. The molecule has 4 heterocycles. The molecule has 0 bridgehead atoms. The molecular formula is C45H29N5O2. The Morgan fingerprint density at radius 3 is 1.83 bits per heavy atom. The number of allylic oxidation sites excluding steroid dienone is 2. The summed E-state index contributed by atoms with van der Waals surface area (Å²) < 4.78 is 15.6. The van der Waals surface area contributed by atoms with E-state index in [4.69, 9.17) is 24.4 Å². The van der Waals surface area contributed by atoms with E-state index in [0.717, 1.165) is 66.9 Å². The molecule has 0 atom stereocenters. The number of ether oxygens (including phenoxy) is 2. The molecule has 52 heavy (non-hydrogen) atoms. The number of fused-ring (bicyclic) bond motifs is 6. The Hall–Kier alpha value is -7.25. The third-order valence-corrected chi connectivity index (χ3v) is 9.58. The summed E-state index contributed by atoms with van der Waals surface area (Å²) >= 11 is 0. The monoisotopic (exact) mass is 671 g/mol. The Labute approximate surface area is 299 Å². The second-order valence-electron chi connectivity index (χ2n) is 12.6. The lowest BCUT2D eigenvalue weighted by Crippen LogP contribution is -2.26. The van der Waals surface area contributed by atoms with Gasteiger partial charge in [-0.2, -0.15) is 9.97 Å². The molecule has 246 valence electrons. The van der Waals surface area contributed by atoms with E-state index in [2.05, 4.69) is 71.2 Å². The summed E-state index contributed by atoms with van der Waals surface area (Å²) in [7, 11) is 0. The van der Waals surface area contributed by atoms with Crippen LogP contribution in [0.25, 0.3) is 61.7 Å². The van der Waals surface area contributed by atoms with Crippen molar-refractivity contribution in [1.29, 1.82) is 0 Å². The van der Waals surface area contributed by atoms with Crippen molar-refractivity contribution < 1.29 is 9.47 Å². The fourth-order valence-corrected chi connectivity index (χ4v) is 7.25. The van der Waals surface area contributed by atoms with E-state index in [0.29, 0.717) is 34.9 Å². The minimum atomic E-state index is 0.474. The van der Waals surface area contributed by atoms with Gasteiger partial charge in [0.15, 0.2) is 34.7 Å². The lowest BCUT2D eigenvalue weighted by atomic mass is 10.0. The quantitative estimate of drug-likeness (QED) is 0.175. The molecule has 0 spiro atoms. The van der Waals surface area contributed by atoms with E-state index in [1.807, 2.05) is 91.0 Å². The van der Waals surface area contributed by atoms with Gasteiger partial charge < -0.3 is 9.47 Å². The number of rotatable bonds is 6. The summed E-state index contributed by atoms with van der Waals surface area (Å²) in [6, 6.07) is 46.9. The van der Waals surface area contributed by atoms with Crippen molar-refractivity contribution in [2.45, 2.75) is 0 Å². The van der Waals surface area contributed by atoms with E-state index in [9.17, 15) is 0 Å². The Morgan fingerprint density at radius 1 is 0.538 bits per heavy atom. The molecule has 7 nitrogen and oxygen atoms in total. The van der Waals surface area contributed by atoms with Crippen molar-refractivity contribution in [3.63, 3.8) is 0 Å². The second kappa shape index (κ2) is 11.7. The third-order valence-electron chi connectivity index (χ3n) is 9.58.